The first-order chi connectivity index (χ1) is 15.6. The summed E-state index contributed by atoms with van der Waals surface area (Å²) in [6.07, 6.45) is 0. The van der Waals surface area contributed by atoms with Crippen molar-refractivity contribution in [1.29, 1.82) is 0 Å². The van der Waals surface area contributed by atoms with Crippen LogP contribution in [0.2, 0.25) is 0 Å². The van der Waals surface area contributed by atoms with Gasteiger partial charge in [0.15, 0.2) is 0 Å². The van der Waals surface area contributed by atoms with Gasteiger partial charge in [-0.3, -0.25) is 0 Å². The maximum Gasteiger partial charge on any atom is 0.353 e. The molecule has 0 bridgehead atoms. The third-order valence-electron chi connectivity index (χ3n) is 3.40. The number of hydrogen-bond acceptors (Lipinski definition) is 12. The standard InChI is InChI=1S/C21H27N3O9/c1-13(22)19(25)31-7-4-28-16-10-17(29-5-8-32-20(26)14(2)23)12-18(11-16)30-6-9-33-21(27)15(3)24/h10-12H,1-9,22-24H2. The van der Waals surface area contributed by atoms with E-state index in [1.807, 2.05) is 0 Å². The maximum absolute atomic E-state index is 11.3. The molecule has 0 atom stereocenters. The molecule has 12 heteroatoms. The summed E-state index contributed by atoms with van der Waals surface area (Å²) >= 11 is 0. The van der Waals surface area contributed by atoms with E-state index < -0.39 is 17.9 Å². The molecule has 0 saturated carbocycles. The molecule has 0 radical (unpaired) electrons. The molecule has 1 aromatic rings. The lowest BCUT2D eigenvalue weighted by atomic mass is 10.3. The number of ether oxygens (including phenoxy) is 6. The lowest BCUT2D eigenvalue weighted by Crippen LogP contribution is -2.18. The van der Waals surface area contributed by atoms with Gasteiger partial charge in [0, 0.05) is 18.2 Å². The number of carbonyl (C=O) groups excluding carboxylic acids is 3. The Labute approximate surface area is 190 Å². The number of benzene rings is 1. The first kappa shape index (κ1) is 26.7. The monoisotopic (exact) mass is 465 g/mol. The molecule has 0 heterocycles. The van der Waals surface area contributed by atoms with Crippen LogP contribution >= 0.6 is 0 Å². The molecule has 180 valence electrons. The smallest absolute Gasteiger partial charge is 0.353 e. The molecule has 1 rings (SSSR count). The van der Waals surface area contributed by atoms with Gasteiger partial charge in [-0.05, 0) is 0 Å². The number of nitrogens with two attached hydrogens (primary N) is 3. The van der Waals surface area contributed by atoms with Crippen molar-refractivity contribution in [2.45, 2.75) is 0 Å². The van der Waals surface area contributed by atoms with Crippen LogP contribution in [-0.4, -0.2) is 57.5 Å². The first-order valence-corrected chi connectivity index (χ1v) is 9.48. The molecule has 1 aromatic carbocycles. The second-order valence-corrected chi connectivity index (χ2v) is 6.17. The summed E-state index contributed by atoms with van der Waals surface area (Å²) in [4.78, 5) is 33.9. The molecular weight excluding hydrogens is 438 g/mol. The minimum Gasteiger partial charge on any atom is -0.490 e. The fourth-order valence-corrected chi connectivity index (χ4v) is 1.96. The quantitative estimate of drug-likeness (QED) is 0.135. The first-order valence-electron chi connectivity index (χ1n) is 9.48. The zero-order chi connectivity index (χ0) is 24.8. The van der Waals surface area contributed by atoms with Crippen molar-refractivity contribution in [3.05, 3.63) is 55.0 Å². The van der Waals surface area contributed by atoms with Gasteiger partial charge in [-0.1, -0.05) is 19.7 Å². The predicted molar refractivity (Wildman–Crippen MR) is 116 cm³/mol. The second-order valence-electron chi connectivity index (χ2n) is 6.17. The zero-order valence-electron chi connectivity index (χ0n) is 18.0. The average molecular weight is 465 g/mol. The van der Waals surface area contributed by atoms with Crippen molar-refractivity contribution in [3.63, 3.8) is 0 Å². The Morgan fingerprint density at radius 2 is 0.788 bits per heavy atom. The van der Waals surface area contributed by atoms with E-state index in [-0.39, 0.29) is 56.7 Å². The average Bonchev–Trinajstić information content (AvgIpc) is 2.76. The van der Waals surface area contributed by atoms with E-state index in [1.165, 1.54) is 0 Å². The molecule has 12 nitrogen and oxygen atoms in total. The van der Waals surface area contributed by atoms with Crippen molar-refractivity contribution >= 4 is 17.9 Å². The normalized spacial score (nSPS) is 9.82. The molecule has 0 unspecified atom stereocenters. The van der Waals surface area contributed by atoms with Crippen molar-refractivity contribution < 1.29 is 42.8 Å². The van der Waals surface area contributed by atoms with E-state index in [2.05, 4.69) is 19.7 Å². The SMILES string of the molecule is C=C(N)C(=O)OCCOc1cc(OCCOC(=O)C(=C)N)cc(OCCOC(=O)C(=C)N)c1. The Morgan fingerprint density at radius 3 is 1.00 bits per heavy atom. The number of hydrogen-bond donors (Lipinski definition) is 3. The topological polar surface area (TPSA) is 185 Å². The van der Waals surface area contributed by atoms with Gasteiger partial charge >= 0.3 is 17.9 Å². The van der Waals surface area contributed by atoms with Crippen LogP contribution in [0.4, 0.5) is 0 Å². The minimum atomic E-state index is -0.746. The van der Waals surface area contributed by atoms with Crippen LogP contribution in [-0.2, 0) is 28.6 Å². The molecular formula is C21H27N3O9. The zero-order valence-corrected chi connectivity index (χ0v) is 18.0. The molecule has 0 saturated heterocycles. The highest BCUT2D eigenvalue weighted by Crippen LogP contribution is 2.28. The summed E-state index contributed by atoms with van der Waals surface area (Å²) in [6, 6.07) is 4.62. The van der Waals surface area contributed by atoms with Gasteiger partial charge in [0.05, 0.1) is 0 Å². The van der Waals surface area contributed by atoms with Crippen LogP contribution in [0, 0.1) is 0 Å². The Kier molecular flexibility index (Phi) is 11.2. The fourth-order valence-electron chi connectivity index (χ4n) is 1.96. The van der Waals surface area contributed by atoms with E-state index in [4.69, 9.17) is 45.6 Å². The Bertz CT molecular complexity index is 772. The molecule has 0 spiro atoms. The number of carbonyl (C=O) groups is 3. The summed E-state index contributed by atoms with van der Waals surface area (Å²) in [5.41, 5.74) is 15.0. The molecule has 0 aliphatic carbocycles. The van der Waals surface area contributed by atoms with Crippen molar-refractivity contribution in [1.82, 2.24) is 0 Å². The molecule has 0 aliphatic rings. The van der Waals surface area contributed by atoms with E-state index in [1.54, 1.807) is 18.2 Å². The van der Waals surface area contributed by atoms with Crippen LogP contribution in [0.15, 0.2) is 55.0 Å². The van der Waals surface area contributed by atoms with Gasteiger partial charge in [-0.2, -0.15) is 0 Å². The van der Waals surface area contributed by atoms with Crippen LogP contribution in [0.25, 0.3) is 0 Å². The van der Waals surface area contributed by atoms with Crippen LogP contribution in [0.5, 0.6) is 17.2 Å². The summed E-state index contributed by atoms with van der Waals surface area (Å²) in [5, 5.41) is 0. The summed E-state index contributed by atoms with van der Waals surface area (Å²) in [6.45, 7) is 9.61. The summed E-state index contributed by atoms with van der Waals surface area (Å²) in [7, 11) is 0. The van der Waals surface area contributed by atoms with E-state index in [0.717, 1.165) is 0 Å². The summed E-state index contributed by atoms with van der Waals surface area (Å²) < 4.78 is 31.1. The lowest BCUT2D eigenvalue weighted by Gasteiger charge is -2.14. The van der Waals surface area contributed by atoms with E-state index in [0.29, 0.717) is 17.2 Å². The second kappa shape index (κ2) is 13.9. The molecule has 0 aliphatic heterocycles. The third-order valence-corrected chi connectivity index (χ3v) is 3.40. The molecule has 6 N–H and O–H groups in total. The molecule has 0 amide bonds. The Balaban J connectivity index is 2.69. The Morgan fingerprint density at radius 1 is 0.545 bits per heavy atom. The highest BCUT2D eigenvalue weighted by Gasteiger charge is 2.09. The van der Waals surface area contributed by atoms with Gasteiger partial charge in [-0.15, -0.1) is 0 Å². The molecule has 0 fully saturated rings. The highest BCUT2D eigenvalue weighted by molar-refractivity contribution is 5.87. The fraction of sp³-hybridized carbons (Fsp3) is 0.286. The lowest BCUT2D eigenvalue weighted by molar-refractivity contribution is -0.140. The summed E-state index contributed by atoms with van der Waals surface area (Å²) in [5.74, 6) is -1.27. The largest absolute Gasteiger partial charge is 0.490 e. The third kappa shape index (κ3) is 11.0. The van der Waals surface area contributed by atoms with Gasteiger partial charge in [-0.25, -0.2) is 14.4 Å². The predicted octanol–water partition coefficient (Wildman–Crippen LogP) is -0.130. The maximum atomic E-state index is 11.3. The van der Waals surface area contributed by atoms with Crippen LogP contribution in [0.3, 0.4) is 0 Å². The van der Waals surface area contributed by atoms with Gasteiger partial charge in [0.1, 0.15) is 74.0 Å². The van der Waals surface area contributed by atoms with Crippen molar-refractivity contribution in [3.8, 4) is 17.2 Å². The van der Waals surface area contributed by atoms with Crippen molar-refractivity contribution in [2.24, 2.45) is 17.2 Å². The van der Waals surface area contributed by atoms with E-state index in [9.17, 15) is 14.4 Å². The van der Waals surface area contributed by atoms with Gasteiger partial charge < -0.3 is 45.6 Å². The minimum absolute atomic E-state index is 0.00830. The van der Waals surface area contributed by atoms with Gasteiger partial charge in [0.2, 0.25) is 0 Å². The van der Waals surface area contributed by atoms with E-state index >= 15 is 0 Å². The van der Waals surface area contributed by atoms with Crippen LogP contribution in [0.1, 0.15) is 0 Å². The molecule has 33 heavy (non-hydrogen) atoms. The highest BCUT2D eigenvalue weighted by atomic mass is 16.6. The van der Waals surface area contributed by atoms with Crippen LogP contribution < -0.4 is 31.4 Å². The molecule has 0 aromatic heterocycles. The number of esters is 3. The van der Waals surface area contributed by atoms with Crippen molar-refractivity contribution in [2.75, 3.05) is 39.6 Å². The van der Waals surface area contributed by atoms with Gasteiger partial charge in [0.25, 0.3) is 0 Å². The Hall–Kier alpha value is -4.35. The number of rotatable bonds is 15.